The Morgan fingerprint density at radius 3 is 2.86 bits per heavy atom. The lowest BCUT2D eigenvalue weighted by Crippen LogP contribution is -2.23. The number of hydrogen-bond acceptors (Lipinski definition) is 6. The second-order valence-electron chi connectivity index (χ2n) is 4.52. The Morgan fingerprint density at radius 2 is 2.14 bits per heavy atom. The molecule has 1 aromatic carbocycles. The first-order valence-electron chi connectivity index (χ1n) is 6.16. The molecule has 0 radical (unpaired) electrons. The highest BCUT2D eigenvalue weighted by molar-refractivity contribution is 7.89. The van der Waals surface area contributed by atoms with E-state index >= 15 is 0 Å². The van der Waals surface area contributed by atoms with Gasteiger partial charge in [-0.25, -0.2) is 18.1 Å². The van der Waals surface area contributed by atoms with E-state index in [1.165, 1.54) is 22.2 Å². The summed E-state index contributed by atoms with van der Waals surface area (Å²) in [7, 11) is -2.01. The first-order valence-corrected chi connectivity index (χ1v) is 8.53. The van der Waals surface area contributed by atoms with Crippen LogP contribution in [0, 0.1) is 6.92 Å². The van der Waals surface area contributed by atoms with Crippen LogP contribution < -0.4 is 4.72 Å². The summed E-state index contributed by atoms with van der Waals surface area (Å²) >= 11 is 1.42. The Balaban J connectivity index is 1.93. The van der Waals surface area contributed by atoms with Gasteiger partial charge in [0.2, 0.25) is 10.0 Å². The molecule has 0 saturated heterocycles. The van der Waals surface area contributed by atoms with Gasteiger partial charge in [-0.1, -0.05) is 6.07 Å². The van der Waals surface area contributed by atoms with Gasteiger partial charge in [-0.05, 0) is 19.1 Å². The molecule has 0 aliphatic carbocycles. The average molecular weight is 323 g/mol. The van der Waals surface area contributed by atoms with E-state index in [-0.39, 0.29) is 11.4 Å². The molecule has 3 aromatic rings. The largest absolute Gasteiger partial charge is 0.245 e. The number of hydrogen-bond donors (Lipinski definition) is 1. The van der Waals surface area contributed by atoms with Gasteiger partial charge in [-0.2, -0.15) is 15.0 Å². The van der Waals surface area contributed by atoms with Crippen molar-refractivity contribution in [3.63, 3.8) is 0 Å². The molecule has 0 aliphatic heterocycles. The number of nitrogens with one attached hydrogen (secondary N) is 1. The molecule has 1 N–H and O–H groups in total. The van der Waals surface area contributed by atoms with Crippen LogP contribution in [0.1, 0.15) is 10.7 Å². The van der Waals surface area contributed by atoms with E-state index in [0.717, 1.165) is 10.7 Å². The van der Waals surface area contributed by atoms with Gasteiger partial charge in [-0.3, -0.25) is 0 Å². The monoisotopic (exact) mass is 323 g/mol. The fourth-order valence-corrected chi connectivity index (χ4v) is 3.89. The number of benzene rings is 1. The maximum absolute atomic E-state index is 12.4. The van der Waals surface area contributed by atoms with Crippen LogP contribution in [-0.4, -0.2) is 28.4 Å². The Morgan fingerprint density at radius 1 is 1.33 bits per heavy atom. The molecule has 0 unspecified atom stereocenters. The number of aromatic nitrogens is 4. The van der Waals surface area contributed by atoms with Crippen molar-refractivity contribution in [3.8, 4) is 0 Å². The van der Waals surface area contributed by atoms with Crippen LogP contribution in [0.5, 0.6) is 0 Å². The topological polar surface area (TPSA) is 89.8 Å². The molecule has 0 fully saturated rings. The molecule has 3 rings (SSSR count). The van der Waals surface area contributed by atoms with E-state index in [1.807, 2.05) is 12.3 Å². The van der Waals surface area contributed by atoms with Gasteiger partial charge in [0.25, 0.3) is 0 Å². The van der Waals surface area contributed by atoms with Crippen LogP contribution in [-0.2, 0) is 23.6 Å². The first-order chi connectivity index (χ1) is 9.95. The molecule has 0 saturated carbocycles. The number of fused-ring (bicyclic) bond motifs is 1. The SMILES string of the molecule is Cc1csc(CNS(=O)(=O)c2cccc3nn(C)nc23)n1. The predicted molar refractivity (Wildman–Crippen MR) is 79.4 cm³/mol. The van der Waals surface area contributed by atoms with Gasteiger partial charge < -0.3 is 0 Å². The quantitative estimate of drug-likeness (QED) is 0.779. The summed E-state index contributed by atoms with van der Waals surface area (Å²) in [4.78, 5) is 5.71. The zero-order valence-corrected chi connectivity index (χ0v) is 13.1. The van der Waals surface area contributed by atoms with E-state index < -0.39 is 10.0 Å². The highest BCUT2D eigenvalue weighted by atomic mass is 32.2. The summed E-state index contributed by atoms with van der Waals surface area (Å²) in [5, 5.41) is 10.8. The second kappa shape index (κ2) is 5.17. The van der Waals surface area contributed by atoms with Crippen LogP contribution in [0.25, 0.3) is 11.0 Å². The smallest absolute Gasteiger partial charge is 0.243 e. The Labute approximate surface area is 125 Å². The maximum atomic E-state index is 12.4. The molecule has 0 aliphatic rings. The van der Waals surface area contributed by atoms with E-state index in [9.17, 15) is 8.42 Å². The molecule has 9 heteroatoms. The van der Waals surface area contributed by atoms with E-state index in [2.05, 4.69) is 19.9 Å². The first kappa shape index (κ1) is 14.1. The summed E-state index contributed by atoms with van der Waals surface area (Å²) in [6.07, 6.45) is 0. The maximum Gasteiger partial charge on any atom is 0.243 e. The van der Waals surface area contributed by atoms with Crippen molar-refractivity contribution in [2.24, 2.45) is 7.05 Å². The lowest BCUT2D eigenvalue weighted by atomic mass is 10.3. The lowest BCUT2D eigenvalue weighted by molar-refractivity contribution is 0.581. The van der Waals surface area contributed by atoms with E-state index in [0.29, 0.717) is 11.0 Å². The Hall–Kier alpha value is -1.84. The van der Waals surface area contributed by atoms with Crippen molar-refractivity contribution in [1.82, 2.24) is 24.7 Å². The highest BCUT2D eigenvalue weighted by Gasteiger charge is 2.20. The molecule has 110 valence electrons. The third-order valence-corrected chi connectivity index (χ3v) is 5.24. The molecule has 21 heavy (non-hydrogen) atoms. The molecular formula is C12H13N5O2S2. The normalized spacial score (nSPS) is 12.1. The lowest BCUT2D eigenvalue weighted by Gasteiger charge is -2.05. The summed E-state index contributed by atoms with van der Waals surface area (Å²) in [5.74, 6) is 0. The minimum absolute atomic E-state index is 0.126. The van der Waals surface area contributed by atoms with Crippen LogP contribution in [0.15, 0.2) is 28.5 Å². The van der Waals surface area contributed by atoms with Crippen molar-refractivity contribution in [2.45, 2.75) is 18.4 Å². The summed E-state index contributed by atoms with van der Waals surface area (Å²) < 4.78 is 27.4. The summed E-state index contributed by atoms with van der Waals surface area (Å²) in [5.41, 5.74) is 1.79. The van der Waals surface area contributed by atoms with Gasteiger partial charge in [0.15, 0.2) is 0 Å². The number of sulfonamides is 1. The van der Waals surface area contributed by atoms with Crippen molar-refractivity contribution in [2.75, 3.05) is 0 Å². The molecule has 0 spiro atoms. The van der Waals surface area contributed by atoms with E-state index in [1.54, 1.807) is 19.2 Å². The third kappa shape index (κ3) is 2.80. The number of nitrogens with zero attached hydrogens (tertiary/aromatic N) is 4. The highest BCUT2D eigenvalue weighted by Crippen LogP contribution is 2.20. The molecule has 0 bridgehead atoms. The molecule has 2 aromatic heterocycles. The Bertz CT molecular complexity index is 897. The van der Waals surface area contributed by atoms with Gasteiger partial charge in [0, 0.05) is 18.1 Å². The van der Waals surface area contributed by atoms with Gasteiger partial charge >= 0.3 is 0 Å². The zero-order chi connectivity index (χ0) is 15.0. The van der Waals surface area contributed by atoms with Crippen LogP contribution >= 0.6 is 11.3 Å². The van der Waals surface area contributed by atoms with Crippen molar-refractivity contribution >= 4 is 32.4 Å². The minimum Gasteiger partial charge on any atom is -0.245 e. The van der Waals surface area contributed by atoms with Crippen LogP contribution in [0.2, 0.25) is 0 Å². The second-order valence-corrected chi connectivity index (χ2v) is 7.20. The zero-order valence-electron chi connectivity index (χ0n) is 11.4. The third-order valence-electron chi connectivity index (χ3n) is 2.84. The van der Waals surface area contributed by atoms with Gasteiger partial charge in [0.05, 0.1) is 6.54 Å². The number of aryl methyl sites for hydroxylation is 2. The van der Waals surface area contributed by atoms with Crippen molar-refractivity contribution in [1.29, 1.82) is 0 Å². The van der Waals surface area contributed by atoms with Crippen LogP contribution in [0.3, 0.4) is 0 Å². The van der Waals surface area contributed by atoms with Gasteiger partial charge in [0.1, 0.15) is 20.9 Å². The summed E-state index contributed by atoms with van der Waals surface area (Å²) in [6, 6.07) is 4.90. The molecule has 7 nitrogen and oxygen atoms in total. The van der Waals surface area contributed by atoms with Gasteiger partial charge in [-0.15, -0.1) is 11.3 Å². The number of rotatable bonds is 4. The number of thiazole rings is 1. The molecule has 0 amide bonds. The molecular weight excluding hydrogens is 310 g/mol. The van der Waals surface area contributed by atoms with E-state index in [4.69, 9.17) is 0 Å². The standard InChI is InChI=1S/C12H13N5O2S2/c1-8-7-20-11(14-8)6-13-21(18,19)10-5-3-4-9-12(10)16-17(2)15-9/h3-5,7,13H,6H2,1-2H3. The van der Waals surface area contributed by atoms with Crippen molar-refractivity contribution in [3.05, 3.63) is 34.3 Å². The molecule has 2 heterocycles. The Kier molecular flexibility index (Phi) is 3.47. The fraction of sp³-hybridized carbons (Fsp3) is 0.250. The minimum atomic E-state index is -3.66. The summed E-state index contributed by atoms with van der Waals surface area (Å²) in [6.45, 7) is 2.03. The van der Waals surface area contributed by atoms with Crippen LogP contribution in [0.4, 0.5) is 0 Å². The van der Waals surface area contributed by atoms with Crippen molar-refractivity contribution < 1.29 is 8.42 Å². The molecule has 0 atom stereocenters. The average Bonchev–Trinajstić information content (AvgIpc) is 3.00. The fourth-order valence-electron chi connectivity index (χ4n) is 1.95. The predicted octanol–water partition coefficient (Wildman–Crippen LogP) is 1.21.